The molecule has 0 aliphatic heterocycles. The first kappa shape index (κ1) is 14.4. The van der Waals surface area contributed by atoms with Gasteiger partial charge in [-0.15, -0.1) is 0 Å². The zero-order valence-electron chi connectivity index (χ0n) is 9.77. The second kappa shape index (κ2) is 6.91. The van der Waals surface area contributed by atoms with E-state index >= 15 is 0 Å². The minimum Gasteiger partial charge on any atom is -0.496 e. The molecule has 1 unspecified atom stereocenters. The van der Waals surface area contributed by atoms with E-state index in [2.05, 4.69) is 15.9 Å². The van der Waals surface area contributed by atoms with Crippen molar-refractivity contribution in [2.75, 3.05) is 12.9 Å². The fourth-order valence-electron chi connectivity index (χ4n) is 1.28. The van der Waals surface area contributed by atoms with Gasteiger partial charge < -0.3 is 9.84 Å². The highest BCUT2D eigenvalue weighted by atomic mass is 79.9. The second-order valence-corrected chi connectivity index (χ2v) is 5.66. The van der Waals surface area contributed by atoms with Gasteiger partial charge in [0.2, 0.25) is 0 Å². The summed E-state index contributed by atoms with van der Waals surface area (Å²) >= 11 is 5.01. The molecule has 0 spiro atoms. The van der Waals surface area contributed by atoms with Gasteiger partial charge in [0, 0.05) is 21.5 Å². The highest BCUT2D eigenvalue weighted by Gasteiger charge is 2.11. The zero-order chi connectivity index (χ0) is 12.8. The van der Waals surface area contributed by atoms with Crippen molar-refractivity contribution >= 4 is 33.7 Å². The largest absolute Gasteiger partial charge is 0.496 e. The van der Waals surface area contributed by atoms with Crippen LogP contribution in [0.2, 0.25) is 0 Å². The van der Waals surface area contributed by atoms with Gasteiger partial charge in [0.25, 0.3) is 0 Å². The van der Waals surface area contributed by atoms with Crippen LogP contribution in [-0.4, -0.2) is 23.9 Å². The molecule has 0 fully saturated rings. The molecule has 17 heavy (non-hydrogen) atoms. The SMILES string of the molecule is COc1ccc(Br)cc1CSCC(C)C(=O)O. The van der Waals surface area contributed by atoms with Crippen LogP contribution in [0.1, 0.15) is 12.5 Å². The average Bonchev–Trinajstić information content (AvgIpc) is 2.29. The van der Waals surface area contributed by atoms with Crippen LogP contribution in [0.15, 0.2) is 22.7 Å². The Balaban J connectivity index is 2.56. The Kier molecular flexibility index (Phi) is 5.85. The summed E-state index contributed by atoms with van der Waals surface area (Å²) in [6, 6.07) is 5.82. The Hall–Kier alpha value is -0.680. The van der Waals surface area contributed by atoms with E-state index in [1.165, 1.54) is 0 Å². The number of methoxy groups -OCH3 is 1. The summed E-state index contributed by atoms with van der Waals surface area (Å²) in [5.74, 6) is 1.12. The lowest BCUT2D eigenvalue weighted by Gasteiger charge is -2.10. The smallest absolute Gasteiger partial charge is 0.307 e. The first-order valence-electron chi connectivity index (χ1n) is 5.17. The number of carbonyl (C=O) groups is 1. The normalized spacial score (nSPS) is 12.2. The van der Waals surface area contributed by atoms with Crippen molar-refractivity contribution in [1.29, 1.82) is 0 Å². The van der Waals surface area contributed by atoms with Crippen molar-refractivity contribution in [3.8, 4) is 5.75 Å². The van der Waals surface area contributed by atoms with E-state index in [4.69, 9.17) is 9.84 Å². The molecule has 0 saturated heterocycles. The van der Waals surface area contributed by atoms with Gasteiger partial charge in [-0.2, -0.15) is 11.8 Å². The van der Waals surface area contributed by atoms with E-state index in [1.54, 1.807) is 25.8 Å². The number of aliphatic carboxylic acids is 1. The molecule has 0 radical (unpaired) electrons. The van der Waals surface area contributed by atoms with Crippen LogP contribution < -0.4 is 4.74 Å². The lowest BCUT2D eigenvalue weighted by Crippen LogP contribution is -2.11. The summed E-state index contributed by atoms with van der Waals surface area (Å²) in [7, 11) is 1.64. The molecule has 0 saturated carbocycles. The van der Waals surface area contributed by atoms with Crippen molar-refractivity contribution in [2.24, 2.45) is 5.92 Å². The molecular weight excluding hydrogens is 304 g/mol. The summed E-state index contributed by atoms with van der Waals surface area (Å²) in [4.78, 5) is 10.7. The molecule has 3 nitrogen and oxygen atoms in total. The predicted molar refractivity (Wildman–Crippen MR) is 73.7 cm³/mol. The molecule has 0 aliphatic rings. The fraction of sp³-hybridized carbons (Fsp3) is 0.417. The number of halogens is 1. The Morgan fingerprint density at radius 3 is 2.88 bits per heavy atom. The fourth-order valence-corrected chi connectivity index (χ4v) is 2.74. The summed E-state index contributed by atoms with van der Waals surface area (Å²) in [6.45, 7) is 1.72. The first-order chi connectivity index (χ1) is 8.04. The summed E-state index contributed by atoms with van der Waals surface area (Å²) in [5, 5.41) is 8.78. The van der Waals surface area contributed by atoms with Gasteiger partial charge in [-0.05, 0) is 18.2 Å². The van der Waals surface area contributed by atoms with Gasteiger partial charge in [0.15, 0.2) is 0 Å². The predicted octanol–water partition coefficient (Wildman–Crippen LogP) is 3.41. The average molecular weight is 319 g/mol. The van der Waals surface area contributed by atoms with E-state index in [0.29, 0.717) is 5.75 Å². The van der Waals surface area contributed by atoms with E-state index in [1.807, 2.05) is 18.2 Å². The molecule has 0 aliphatic carbocycles. The van der Waals surface area contributed by atoms with Gasteiger partial charge >= 0.3 is 5.97 Å². The van der Waals surface area contributed by atoms with Crippen LogP contribution in [0.3, 0.4) is 0 Å². The third-order valence-electron chi connectivity index (χ3n) is 2.29. The van der Waals surface area contributed by atoms with Crippen molar-refractivity contribution in [3.63, 3.8) is 0 Å². The molecule has 1 atom stereocenters. The van der Waals surface area contributed by atoms with Crippen molar-refractivity contribution in [1.82, 2.24) is 0 Å². The first-order valence-corrected chi connectivity index (χ1v) is 7.12. The maximum absolute atomic E-state index is 10.7. The van der Waals surface area contributed by atoms with Crippen molar-refractivity contribution in [2.45, 2.75) is 12.7 Å². The third kappa shape index (κ3) is 4.60. The van der Waals surface area contributed by atoms with Crippen molar-refractivity contribution in [3.05, 3.63) is 28.2 Å². The zero-order valence-corrected chi connectivity index (χ0v) is 12.2. The van der Waals surface area contributed by atoms with Crippen LogP contribution in [-0.2, 0) is 10.5 Å². The van der Waals surface area contributed by atoms with E-state index < -0.39 is 5.97 Å². The number of carboxylic acids is 1. The summed E-state index contributed by atoms with van der Waals surface area (Å²) in [5.41, 5.74) is 1.07. The van der Waals surface area contributed by atoms with Crippen LogP contribution in [0, 0.1) is 5.92 Å². The van der Waals surface area contributed by atoms with Gasteiger partial charge in [-0.1, -0.05) is 22.9 Å². The standard InChI is InChI=1S/C12H15BrO3S/c1-8(12(14)15)6-17-7-9-5-10(13)3-4-11(9)16-2/h3-5,8H,6-7H2,1-2H3,(H,14,15). The molecule has 1 N–H and O–H groups in total. The minimum absolute atomic E-state index is 0.321. The van der Waals surface area contributed by atoms with Gasteiger partial charge in [-0.25, -0.2) is 0 Å². The third-order valence-corrected chi connectivity index (χ3v) is 4.03. The Labute approximate surface area is 114 Å². The van der Waals surface area contributed by atoms with Gasteiger partial charge in [0.1, 0.15) is 5.75 Å². The van der Waals surface area contributed by atoms with Crippen LogP contribution >= 0.6 is 27.7 Å². The summed E-state index contributed by atoms with van der Waals surface area (Å²) in [6.07, 6.45) is 0. The maximum atomic E-state index is 10.7. The lowest BCUT2D eigenvalue weighted by atomic mass is 10.2. The quantitative estimate of drug-likeness (QED) is 0.873. The highest BCUT2D eigenvalue weighted by molar-refractivity contribution is 9.10. The van der Waals surface area contributed by atoms with Gasteiger partial charge in [-0.3, -0.25) is 4.79 Å². The Morgan fingerprint density at radius 1 is 1.59 bits per heavy atom. The number of rotatable bonds is 6. The monoisotopic (exact) mass is 318 g/mol. The summed E-state index contributed by atoms with van der Waals surface area (Å²) < 4.78 is 6.25. The molecule has 5 heteroatoms. The van der Waals surface area contributed by atoms with Crippen molar-refractivity contribution < 1.29 is 14.6 Å². The Morgan fingerprint density at radius 2 is 2.29 bits per heavy atom. The number of benzene rings is 1. The number of carboxylic acid groups (broad SMARTS) is 1. The number of hydrogen-bond acceptors (Lipinski definition) is 3. The van der Waals surface area contributed by atoms with Crippen LogP contribution in [0.5, 0.6) is 5.75 Å². The molecule has 0 heterocycles. The maximum Gasteiger partial charge on any atom is 0.307 e. The van der Waals surface area contributed by atoms with E-state index in [0.717, 1.165) is 21.5 Å². The number of ether oxygens (including phenoxy) is 1. The van der Waals surface area contributed by atoms with E-state index in [9.17, 15) is 4.79 Å². The molecule has 0 bridgehead atoms. The Bertz CT molecular complexity index is 395. The molecule has 0 aromatic heterocycles. The minimum atomic E-state index is -0.751. The lowest BCUT2D eigenvalue weighted by molar-refractivity contribution is -0.140. The molecule has 1 aromatic carbocycles. The highest BCUT2D eigenvalue weighted by Crippen LogP contribution is 2.27. The van der Waals surface area contributed by atoms with Crippen LogP contribution in [0.4, 0.5) is 0 Å². The van der Waals surface area contributed by atoms with E-state index in [-0.39, 0.29) is 5.92 Å². The molecule has 94 valence electrons. The number of thioether (sulfide) groups is 1. The molecular formula is C12H15BrO3S. The topological polar surface area (TPSA) is 46.5 Å². The molecule has 1 rings (SSSR count). The van der Waals surface area contributed by atoms with Crippen LogP contribution in [0.25, 0.3) is 0 Å². The molecule has 1 aromatic rings. The number of hydrogen-bond donors (Lipinski definition) is 1. The second-order valence-electron chi connectivity index (χ2n) is 3.71. The van der Waals surface area contributed by atoms with Gasteiger partial charge in [0.05, 0.1) is 13.0 Å². The molecule has 0 amide bonds.